The first-order valence-electron chi connectivity index (χ1n) is 17.1. The highest BCUT2D eigenvalue weighted by Gasteiger charge is 2.19. The van der Waals surface area contributed by atoms with Crippen molar-refractivity contribution in [1.82, 2.24) is 15.0 Å². The molecule has 10 rings (SSSR count). The molecule has 51 heavy (non-hydrogen) atoms. The normalized spacial score (nSPS) is 11.5. The first kappa shape index (κ1) is 29.0. The Kier molecular flexibility index (Phi) is 6.78. The first-order chi connectivity index (χ1) is 25.3. The zero-order valence-electron chi connectivity index (χ0n) is 27.5. The molecule has 0 atom stereocenters. The summed E-state index contributed by atoms with van der Waals surface area (Å²) in [6, 6.07) is 60.8. The maximum Gasteiger partial charge on any atom is 0.162 e. The van der Waals surface area contributed by atoms with Crippen LogP contribution in [0.25, 0.3) is 99.9 Å². The highest BCUT2D eigenvalue weighted by atomic mass is 16.3. The van der Waals surface area contributed by atoms with Crippen molar-refractivity contribution in [3.8, 4) is 56.3 Å². The second-order valence-electron chi connectivity index (χ2n) is 12.8. The molecule has 0 aliphatic carbocycles. The van der Waals surface area contributed by atoms with Crippen molar-refractivity contribution in [2.24, 2.45) is 0 Å². The lowest BCUT2D eigenvalue weighted by molar-refractivity contribution is 0.669. The quantitative estimate of drug-likeness (QED) is 0.186. The van der Waals surface area contributed by atoms with E-state index in [2.05, 4.69) is 127 Å². The molecule has 0 spiro atoms. The van der Waals surface area contributed by atoms with E-state index in [0.717, 1.165) is 88.7 Å². The fourth-order valence-electron chi connectivity index (χ4n) is 7.18. The number of hydrogen-bond acceptors (Lipinski definition) is 4. The molecule has 0 saturated heterocycles. The number of aromatic nitrogens is 3. The summed E-state index contributed by atoms with van der Waals surface area (Å²) in [5.41, 5.74) is 11.5. The summed E-state index contributed by atoms with van der Waals surface area (Å²) >= 11 is 0. The third-order valence-electron chi connectivity index (χ3n) is 9.70. The van der Waals surface area contributed by atoms with Gasteiger partial charge in [-0.15, -0.1) is 0 Å². The number of furan rings is 1. The molecule has 7 aromatic carbocycles. The molecule has 0 bridgehead atoms. The smallest absolute Gasteiger partial charge is 0.162 e. The lowest BCUT2D eigenvalue weighted by Gasteiger charge is -2.11. The van der Waals surface area contributed by atoms with Crippen LogP contribution in [0.15, 0.2) is 180 Å². The number of hydrogen-bond donors (Lipinski definition) is 0. The predicted octanol–water partition coefficient (Wildman–Crippen LogP) is 12.4. The van der Waals surface area contributed by atoms with Gasteiger partial charge in [0, 0.05) is 38.4 Å². The zero-order chi connectivity index (χ0) is 33.7. The number of pyridine rings is 1. The van der Waals surface area contributed by atoms with Crippen molar-refractivity contribution < 1.29 is 4.42 Å². The maximum atomic E-state index is 6.57. The van der Waals surface area contributed by atoms with Crippen molar-refractivity contribution in [2.75, 3.05) is 0 Å². The monoisotopic (exact) mass is 651 g/mol. The molecule has 0 unspecified atom stereocenters. The highest BCUT2D eigenvalue weighted by molar-refractivity contribution is 6.22. The van der Waals surface area contributed by atoms with Crippen molar-refractivity contribution >= 4 is 43.6 Å². The van der Waals surface area contributed by atoms with E-state index in [0.29, 0.717) is 5.82 Å². The van der Waals surface area contributed by atoms with Crippen LogP contribution in [-0.4, -0.2) is 15.0 Å². The van der Waals surface area contributed by atoms with Crippen LogP contribution in [0.5, 0.6) is 0 Å². The number of fused-ring (bicyclic) bond motifs is 6. The van der Waals surface area contributed by atoms with Gasteiger partial charge in [0.25, 0.3) is 0 Å². The van der Waals surface area contributed by atoms with E-state index in [1.165, 1.54) is 5.39 Å². The average molecular weight is 652 g/mol. The highest BCUT2D eigenvalue weighted by Crippen LogP contribution is 2.42. The van der Waals surface area contributed by atoms with Gasteiger partial charge in [-0.05, 0) is 40.1 Å². The minimum absolute atomic E-state index is 0.705. The molecule has 0 fully saturated rings. The number of nitrogens with zero attached hydrogens (tertiary/aromatic N) is 3. The summed E-state index contributed by atoms with van der Waals surface area (Å²) in [7, 11) is 0. The summed E-state index contributed by atoms with van der Waals surface area (Å²) < 4.78 is 6.57. The molecular formula is C47H29N3O. The van der Waals surface area contributed by atoms with E-state index < -0.39 is 0 Å². The van der Waals surface area contributed by atoms with Crippen LogP contribution in [0.2, 0.25) is 0 Å². The Morgan fingerprint density at radius 2 is 1.00 bits per heavy atom. The van der Waals surface area contributed by atoms with E-state index >= 15 is 0 Å². The van der Waals surface area contributed by atoms with Gasteiger partial charge in [-0.25, -0.2) is 15.0 Å². The molecule has 10 aromatic rings. The number of benzene rings is 7. The number of para-hydroxylation sites is 1. The Balaban J connectivity index is 1.10. The lowest BCUT2D eigenvalue weighted by Crippen LogP contribution is -1.95. The van der Waals surface area contributed by atoms with Gasteiger partial charge in [0.15, 0.2) is 11.4 Å². The first-order valence-corrected chi connectivity index (χ1v) is 17.1. The van der Waals surface area contributed by atoms with Gasteiger partial charge in [0.05, 0.1) is 16.9 Å². The van der Waals surface area contributed by atoms with Crippen LogP contribution in [0.3, 0.4) is 0 Å². The Morgan fingerprint density at radius 1 is 0.392 bits per heavy atom. The molecule has 0 aliphatic rings. The van der Waals surface area contributed by atoms with Gasteiger partial charge < -0.3 is 4.42 Å². The third-order valence-corrected chi connectivity index (χ3v) is 9.70. The van der Waals surface area contributed by atoms with E-state index in [-0.39, 0.29) is 0 Å². The van der Waals surface area contributed by atoms with Gasteiger partial charge in [-0.1, -0.05) is 158 Å². The Morgan fingerprint density at radius 3 is 1.78 bits per heavy atom. The largest absolute Gasteiger partial charge is 0.454 e. The molecule has 0 amide bonds. The zero-order valence-corrected chi connectivity index (χ0v) is 27.5. The maximum absolute atomic E-state index is 6.57. The van der Waals surface area contributed by atoms with Crippen LogP contribution >= 0.6 is 0 Å². The molecule has 238 valence electrons. The van der Waals surface area contributed by atoms with Gasteiger partial charge in [0.2, 0.25) is 0 Å². The molecule has 4 heteroatoms. The van der Waals surface area contributed by atoms with Gasteiger partial charge in [-0.2, -0.15) is 0 Å². The predicted molar refractivity (Wildman–Crippen MR) is 209 cm³/mol. The summed E-state index contributed by atoms with van der Waals surface area (Å²) in [4.78, 5) is 15.3. The van der Waals surface area contributed by atoms with Crippen LogP contribution in [0.1, 0.15) is 0 Å². The number of rotatable bonds is 5. The van der Waals surface area contributed by atoms with Gasteiger partial charge in [0.1, 0.15) is 11.3 Å². The Hall–Kier alpha value is -6.91. The lowest BCUT2D eigenvalue weighted by atomic mass is 9.97. The average Bonchev–Trinajstić information content (AvgIpc) is 3.61. The van der Waals surface area contributed by atoms with Crippen LogP contribution in [0, 0.1) is 0 Å². The molecule has 0 N–H and O–H groups in total. The molecule has 0 radical (unpaired) electrons. The van der Waals surface area contributed by atoms with Crippen molar-refractivity contribution in [2.45, 2.75) is 0 Å². The topological polar surface area (TPSA) is 51.8 Å². The molecular weight excluding hydrogens is 623 g/mol. The van der Waals surface area contributed by atoms with Crippen molar-refractivity contribution in [1.29, 1.82) is 0 Å². The van der Waals surface area contributed by atoms with Crippen LogP contribution < -0.4 is 0 Å². The third kappa shape index (κ3) is 5.04. The minimum Gasteiger partial charge on any atom is -0.454 e. The van der Waals surface area contributed by atoms with Crippen LogP contribution in [-0.2, 0) is 0 Å². The molecule has 3 aromatic heterocycles. The van der Waals surface area contributed by atoms with E-state index in [1.807, 2.05) is 48.5 Å². The van der Waals surface area contributed by atoms with E-state index in [4.69, 9.17) is 19.4 Å². The summed E-state index contributed by atoms with van der Waals surface area (Å²) in [6.45, 7) is 0. The van der Waals surface area contributed by atoms with Gasteiger partial charge >= 0.3 is 0 Å². The standard InChI is InChI=1S/C47H29N3O/c1-3-13-32(14-4-1)40-29-41(50-47(49-40)34-15-5-2-6-16-34)33-24-22-30(23-25-33)35-26-27-38-42(28-35)48-45(37-20-11-17-31-12-7-8-18-36(31)37)46-44(38)39-19-9-10-21-43(39)51-46/h1-29H. The fourth-order valence-corrected chi connectivity index (χ4v) is 7.18. The summed E-state index contributed by atoms with van der Waals surface area (Å²) in [5.74, 6) is 0.705. The molecule has 4 nitrogen and oxygen atoms in total. The van der Waals surface area contributed by atoms with E-state index in [9.17, 15) is 0 Å². The molecule has 0 aliphatic heterocycles. The Bertz CT molecular complexity index is 2830. The second-order valence-corrected chi connectivity index (χ2v) is 12.8. The van der Waals surface area contributed by atoms with Crippen LogP contribution in [0.4, 0.5) is 0 Å². The summed E-state index contributed by atoms with van der Waals surface area (Å²) in [5, 5.41) is 5.57. The Labute approximate surface area is 294 Å². The van der Waals surface area contributed by atoms with Crippen molar-refractivity contribution in [3.05, 3.63) is 176 Å². The minimum atomic E-state index is 0.705. The summed E-state index contributed by atoms with van der Waals surface area (Å²) in [6.07, 6.45) is 0. The molecule has 3 heterocycles. The van der Waals surface area contributed by atoms with Crippen molar-refractivity contribution in [3.63, 3.8) is 0 Å². The van der Waals surface area contributed by atoms with Gasteiger partial charge in [-0.3, -0.25) is 0 Å². The SMILES string of the molecule is c1ccc(-c2cc(-c3ccc(-c4ccc5c(c4)nc(-c4cccc6ccccc46)c4oc6ccccc6c45)cc3)nc(-c3ccccc3)n2)cc1. The second kappa shape index (κ2) is 11.9. The fraction of sp³-hybridized carbons (Fsp3) is 0. The van der Waals surface area contributed by atoms with E-state index in [1.54, 1.807) is 0 Å². The molecule has 0 saturated carbocycles.